The first-order chi connectivity index (χ1) is 15.1. The molecule has 3 heterocycles. The summed E-state index contributed by atoms with van der Waals surface area (Å²) in [6.07, 6.45) is 1.05. The Balaban J connectivity index is 1.25. The molecule has 0 radical (unpaired) electrons. The number of nitrogens with zero attached hydrogens (tertiary/aromatic N) is 2. The van der Waals surface area contributed by atoms with Gasteiger partial charge in [-0.3, -0.25) is 9.59 Å². The van der Waals surface area contributed by atoms with Gasteiger partial charge < -0.3 is 9.47 Å². The van der Waals surface area contributed by atoms with E-state index in [2.05, 4.69) is 0 Å². The number of fused-ring (bicyclic) bond motifs is 4. The fraction of sp³-hybridized carbons (Fsp3) is 0.280. The first-order valence-electron chi connectivity index (χ1n) is 10.5. The van der Waals surface area contributed by atoms with Crippen LogP contribution in [0.25, 0.3) is 0 Å². The summed E-state index contributed by atoms with van der Waals surface area (Å²) in [5.41, 5.74) is 3.04. The second-order valence-electron chi connectivity index (χ2n) is 8.35. The molecule has 0 saturated carbocycles. The summed E-state index contributed by atoms with van der Waals surface area (Å²) in [5, 5.41) is 0.740. The lowest BCUT2D eigenvalue weighted by Gasteiger charge is -2.42. The van der Waals surface area contributed by atoms with Crippen molar-refractivity contribution in [2.75, 3.05) is 13.1 Å². The normalized spacial score (nSPS) is 19.7. The van der Waals surface area contributed by atoms with Crippen LogP contribution in [0, 0.1) is 5.92 Å². The molecule has 2 aromatic carbocycles. The number of carbonyl (C=O) groups excluding carboxylic acids is 1. The highest BCUT2D eigenvalue weighted by molar-refractivity contribution is 7.98. The van der Waals surface area contributed by atoms with Gasteiger partial charge in [0.05, 0.1) is 0 Å². The lowest BCUT2D eigenvalue weighted by atomic mass is 9.83. The van der Waals surface area contributed by atoms with Crippen molar-refractivity contribution in [3.63, 3.8) is 0 Å². The molecule has 2 atom stereocenters. The molecule has 0 spiro atoms. The average molecular weight is 451 g/mol. The van der Waals surface area contributed by atoms with Crippen molar-refractivity contribution >= 4 is 29.3 Å². The van der Waals surface area contributed by atoms with Gasteiger partial charge in [0.15, 0.2) is 0 Å². The molecule has 158 valence electrons. The second kappa shape index (κ2) is 8.56. The molecule has 5 rings (SSSR count). The number of halogens is 1. The zero-order valence-corrected chi connectivity index (χ0v) is 18.6. The summed E-state index contributed by atoms with van der Waals surface area (Å²) in [6, 6.07) is 21.3. The maximum Gasteiger partial charge on any atom is 0.253 e. The van der Waals surface area contributed by atoms with Crippen molar-refractivity contribution in [3.8, 4) is 0 Å². The molecule has 2 aliphatic rings. The van der Waals surface area contributed by atoms with E-state index in [1.165, 1.54) is 10.5 Å². The highest BCUT2D eigenvalue weighted by Crippen LogP contribution is 2.35. The Hall–Kier alpha value is -2.50. The van der Waals surface area contributed by atoms with Gasteiger partial charge in [0.25, 0.3) is 11.5 Å². The van der Waals surface area contributed by atoms with Crippen molar-refractivity contribution in [3.05, 3.63) is 98.9 Å². The molecule has 6 heteroatoms. The van der Waals surface area contributed by atoms with E-state index < -0.39 is 0 Å². The predicted molar refractivity (Wildman–Crippen MR) is 125 cm³/mol. The molecule has 3 aromatic rings. The first-order valence-corrected chi connectivity index (χ1v) is 11.9. The summed E-state index contributed by atoms with van der Waals surface area (Å²) in [4.78, 5) is 28.5. The predicted octanol–water partition coefficient (Wildman–Crippen LogP) is 5.05. The van der Waals surface area contributed by atoms with Crippen LogP contribution in [-0.2, 0) is 12.3 Å². The number of likely N-dealkylation sites (tertiary alicyclic amines) is 1. The Bertz CT molecular complexity index is 1160. The van der Waals surface area contributed by atoms with Crippen molar-refractivity contribution in [1.82, 2.24) is 9.47 Å². The smallest absolute Gasteiger partial charge is 0.253 e. The van der Waals surface area contributed by atoms with E-state index in [9.17, 15) is 9.59 Å². The summed E-state index contributed by atoms with van der Waals surface area (Å²) < 4.78 is 1.90. The largest absolute Gasteiger partial charge is 0.338 e. The van der Waals surface area contributed by atoms with Crippen LogP contribution in [0.2, 0.25) is 5.02 Å². The minimum Gasteiger partial charge on any atom is -0.338 e. The highest BCUT2D eigenvalue weighted by atomic mass is 35.5. The Morgan fingerprint density at radius 2 is 1.74 bits per heavy atom. The molecule has 1 aromatic heterocycles. The van der Waals surface area contributed by atoms with Crippen molar-refractivity contribution < 1.29 is 4.79 Å². The van der Waals surface area contributed by atoms with Gasteiger partial charge >= 0.3 is 0 Å². The number of benzene rings is 2. The van der Waals surface area contributed by atoms with Gasteiger partial charge in [-0.1, -0.05) is 29.8 Å². The van der Waals surface area contributed by atoms with Crippen molar-refractivity contribution in [2.24, 2.45) is 5.92 Å². The Morgan fingerprint density at radius 1 is 0.968 bits per heavy atom. The second-order valence-corrected chi connectivity index (χ2v) is 9.83. The standard InChI is InChI=1S/C25H23ClN2O2S/c26-21-8-10-22(11-9-21)31-16-17-4-6-19(7-5-17)25(30)27-13-18-12-20(15-27)23-2-1-3-24(29)28(23)14-18/h1-11,18,20H,12-16H2. The van der Waals surface area contributed by atoms with Crippen LogP contribution >= 0.6 is 23.4 Å². The summed E-state index contributed by atoms with van der Waals surface area (Å²) in [5.74, 6) is 1.50. The number of thioether (sulfide) groups is 1. The number of aromatic nitrogens is 1. The first kappa shape index (κ1) is 20.4. The van der Waals surface area contributed by atoms with Crippen LogP contribution in [-0.4, -0.2) is 28.5 Å². The highest BCUT2D eigenvalue weighted by Gasteiger charge is 2.36. The number of carbonyl (C=O) groups is 1. The third kappa shape index (κ3) is 4.30. The zero-order chi connectivity index (χ0) is 21.4. The molecular weight excluding hydrogens is 428 g/mol. The van der Waals surface area contributed by atoms with Crippen LogP contribution in [0.3, 0.4) is 0 Å². The molecule has 1 amide bonds. The monoisotopic (exact) mass is 450 g/mol. The van der Waals surface area contributed by atoms with E-state index in [1.807, 2.05) is 70.1 Å². The van der Waals surface area contributed by atoms with Gasteiger partial charge in [-0.15, -0.1) is 11.8 Å². The molecule has 2 unspecified atom stereocenters. The van der Waals surface area contributed by atoms with Gasteiger partial charge in [-0.2, -0.15) is 0 Å². The minimum absolute atomic E-state index is 0.0686. The molecule has 0 N–H and O–H groups in total. The van der Waals surface area contributed by atoms with E-state index in [-0.39, 0.29) is 17.4 Å². The number of hydrogen-bond donors (Lipinski definition) is 0. The molecular formula is C25H23ClN2O2S. The van der Waals surface area contributed by atoms with Crippen LogP contribution in [0.5, 0.6) is 0 Å². The maximum atomic E-state index is 13.2. The SMILES string of the molecule is O=C(c1ccc(CSc2ccc(Cl)cc2)cc1)N1CC2CC(C1)c1cccc(=O)n1C2. The van der Waals surface area contributed by atoms with Gasteiger partial charge in [0, 0.05) is 58.5 Å². The Kier molecular flexibility index (Phi) is 5.63. The van der Waals surface area contributed by atoms with E-state index in [0.29, 0.717) is 25.6 Å². The molecule has 1 saturated heterocycles. The Labute approximate surface area is 190 Å². The van der Waals surface area contributed by atoms with Crippen LogP contribution in [0.4, 0.5) is 0 Å². The third-order valence-corrected chi connectivity index (χ3v) is 7.52. The van der Waals surface area contributed by atoms with Gasteiger partial charge in [-0.25, -0.2) is 0 Å². The molecule has 31 heavy (non-hydrogen) atoms. The fourth-order valence-electron chi connectivity index (χ4n) is 4.69. The van der Waals surface area contributed by atoms with E-state index in [0.717, 1.165) is 28.5 Å². The van der Waals surface area contributed by atoms with E-state index in [1.54, 1.807) is 17.8 Å². The number of rotatable bonds is 4. The summed E-state index contributed by atoms with van der Waals surface area (Å²) in [6.45, 7) is 2.09. The lowest BCUT2D eigenvalue weighted by molar-refractivity contribution is 0.0594. The van der Waals surface area contributed by atoms with Crippen LogP contribution in [0.15, 0.2) is 76.4 Å². The van der Waals surface area contributed by atoms with Crippen LogP contribution < -0.4 is 5.56 Å². The van der Waals surface area contributed by atoms with E-state index >= 15 is 0 Å². The topological polar surface area (TPSA) is 42.3 Å². The lowest BCUT2D eigenvalue weighted by Crippen LogP contribution is -2.49. The minimum atomic E-state index is 0.0686. The number of piperidine rings is 1. The number of hydrogen-bond acceptors (Lipinski definition) is 3. The molecule has 0 aliphatic carbocycles. The summed E-state index contributed by atoms with van der Waals surface area (Å²) in [7, 11) is 0. The third-order valence-electron chi connectivity index (χ3n) is 6.19. The fourth-order valence-corrected chi connectivity index (χ4v) is 5.67. The van der Waals surface area contributed by atoms with Gasteiger partial charge in [0.1, 0.15) is 0 Å². The summed E-state index contributed by atoms with van der Waals surface area (Å²) >= 11 is 7.69. The quantitative estimate of drug-likeness (QED) is 0.522. The Morgan fingerprint density at radius 3 is 2.52 bits per heavy atom. The number of pyridine rings is 1. The molecule has 1 fully saturated rings. The molecule has 2 bridgehead atoms. The van der Waals surface area contributed by atoms with Crippen molar-refractivity contribution in [2.45, 2.75) is 29.5 Å². The molecule has 2 aliphatic heterocycles. The van der Waals surface area contributed by atoms with Gasteiger partial charge in [-0.05, 0) is 60.4 Å². The van der Waals surface area contributed by atoms with E-state index in [4.69, 9.17) is 11.6 Å². The van der Waals surface area contributed by atoms with Gasteiger partial charge in [0.2, 0.25) is 0 Å². The number of amides is 1. The van der Waals surface area contributed by atoms with Crippen LogP contribution in [0.1, 0.15) is 34.0 Å². The maximum absolute atomic E-state index is 13.2. The zero-order valence-electron chi connectivity index (χ0n) is 17.0. The molecule has 4 nitrogen and oxygen atoms in total. The van der Waals surface area contributed by atoms with Crippen molar-refractivity contribution in [1.29, 1.82) is 0 Å². The average Bonchev–Trinajstić information content (AvgIpc) is 2.79.